The number of aromatic nitrogens is 4. The smallest absolute Gasteiger partial charge is 0.377 e. The summed E-state index contributed by atoms with van der Waals surface area (Å²) in [5.41, 5.74) is 1.21. The van der Waals surface area contributed by atoms with E-state index in [0.717, 1.165) is 17.2 Å². The van der Waals surface area contributed by atoms with Crippen molar-refractivity contribution in [2.24, 2.45) is 0 Å². The van der Waals surface area contributed by atoms with Gasteiger partial charge < -0.3 is 14.2 Å². The lowest BCUT2D eigenvalue weighted by Gasteiger charge is -2.22. The minimum absolute atomic E-state index is 0.0525. The molecule has 0 spiro atoms. The molecule has 12 heteroatoms. The summed E-state index contributed by atoms with van der Waals surface area (Å²) in [5, 5.41) is 7.43. The van der Waals surface area contributed by atoms with Crippen LogP contribution in [0.4, 0.5) is 14.9 Å². The lowest BCUT2D eigenvalue weighted by molar-refractivity contribution is 0.0472. The van der Waals surface area contributed by atoms with Gasteiger partial charge in [-0.05, 0) is 77.9 Å². The third kappa shape index (κ3) is 6.19. The molecule has 0 N–H and O–H groups in total. The van der Waals surface area contributed by atoms with Crippen LogP contribution in [-0.4, -0.2) is 45.4 Å². The molecule has 0 unspecified atom stereocenters. The van der Waals surface area contributed by atoms with Crippen LogP contribution in [0, 0.1) is 12.7 Å². The quantitative estimate of drug-likeness (QED) is 0.161. The number of hydrogen-bond donors (Lipinski definition) is 0. The van der Waals surface area contributed by atoms with E-state index in [-0.39, 0.29) is 24.6 Å². The lowest BCUT2D eigenvalue weighted by Crippen LogP contribution is -2.41. The number of methoxy groups -OCH3 is 1. The van der Waals surface area contributed by atoms with Gasteiger partial charge in [-0.2, -0.15) is 4.68 Å². The van der Waals surface area contributed by atoms with E-state index in [1.807, 2.05) is 30.3 Å². The van der Waals surface area contributed by atoms with Gasteiger partial charge in [0.15, 0.2) is 5.82 Å². The molecule has 224 valence electrons. The number of carbonyl (C=O) groups is 2. The number of carbonyl (C=O) groups excluding carboxylic acids is 2. The van der Waals surface area contributed by atoms with E-state index < -0.39 is 23.5 Å². The number of hydrogen-bond acceptors (Lipinski definition) is 8. The van der Waals surface area contributed by atoms with Gasteiger partial charge in [0, 0.05) is 12.6 Å². The number of para-hydroxylation sites is 1. The Labute approximate surface area is 251 Å². The van der Waals surface area contributed by atoms with Crippen LogP contribution in [0.5, 0.6) is 17.2 Å². The molecule has 0 radical (unpaired) electrons. The Bertz CT molecular complexity index is 1850. The van der Waals surface area contributed by atoms with Crippen LogP contribution in [0.25, 0.3) is 5.69 Å². The number of benzene rings is 4. The Balaban J connectivity index is 1.33. The molecule has 4 aromatic carbocycles. The highest BCUT2D eigenvalue weighted by molar-refractivity contribution is 5.94. The summed E-state index contributed by atoms with van der Waals surface area (Å²) >= 11 is 0. The molecule has 1 heterocycles. The largest absolute Gasteiger partial charge is 0.494 e. The van der Waals surface area contributed by atoms with E-state index in [2.05, 4.69) is 10.4 Å². The molecule has 0 aliphatic rings. The van der Waals surface area contributed by atoms with Gasteiger partial charge in [-0.3, -0.25) is 4.90 Å². The zero-order valence-corrected chi connectivity index (χ0v) is 24.1. The third-order valence-electron chi connectivity index (χ3n) is 6.70. The molecule has 0 atom stereocenters. The highest BCUT2D eigenvalue weighted by Gasteiger charge is 2.25. The molecule has 0 saturated heterocycles. The zero-order valence-electron chi connectivity index (χ0n) is 24.1. The van der Waals surface area contributed by atoms with Crippen LogP contribution in [0.15, 0.2) is 95.8 Å². The van der Waals surface area contributed by atoms with Crippen molar-refractivity contribution in [1.29, 1.82) is 0 Å². The first kappa shape index (κ1) is 29.7. The molecule has 0 aliphatic carbocycles. The molecule has 0 fully saturated rings. The number of esters is 1. The van der Waals surface area contributed by atoms with Crippen LogP contribution in [0.1, 0.15) is 28.4 Å². The van der Waals surface area contributed by atoms with Crippen molar-refractivity contribution in [2.75, 3.05) is 18.6 Å². The molecular weight excluding hydrogens is 569 g/mol. The van der Waals surface area contributed by atoms with Gasteiger partial charge >= 0.3 is 17.7 Å². The predicted octanol–water partition coefficient (Wildman–Crippen LogP) is 5.53. The first-order valence-corrected chi connectivity index (χ1v) is 13.6. The fourth-order valence-electron chi connectivity index (χ4n) is 4.44. The second-order valence-corrected chi connectivity index (χ2v) is 9.54. The third-order valence-corrected chi connectivity index (χ3v) is 6.70. The number of halogens is 1. The van der Waals surface area contributed by atoms with Gasteiger partial charge in [-0.25, -0.2) is 18.8 Å². The second-order valence-electron chi connectivity index (χ2n) is 9.54. The second kappa shape index (κ2) is 13.0. The number of amides is 1. The van der Waals surface area contributed by atoms with Gasteiger partial charge in [0.05, 0.1) is 18.4 Å². The molecular formula is C32H28FN5O6. The van der Waals surface area contributed by atoms with Crippen molar-refractivity contribution in [3.8, 4) is 22.9 Å². The molecule has 1 amide bonds. The number of nitrogens with zero attached hydrogens (tertiary/aromatic N) is 5. The molecule has 5 aromatic rings. The van der Waals surface area contributed by atoms with Crippen LogP contribution >= 0.6 is 0 Å². The van der Waals surface area contributed by atoms with Gasteiger partial charge in [0.1, 0.15) is 29.5 Å². The van der Waals surface area contributed by atoms with E-state index in [9.17, 15) is 18.8 Å². The van der Waals surface area contributed by atoms with Crippen molar-refractivity contribution in [3.63, 3.8) is 0 Å². The maximum Gasteiger partial charge on any atom is 0.377 e. The number of anilines is 1. The number of tetrazole rings is 1. The Kier molecular flexibility index (Phi) is 8.80. The van der Waals surface area contributed by atoms with Crippen molar-refractivity contribution in [3.05, 3.63) is 124 Å². The van der Waals surface area contributed by atoms with E-state index in [0.29, 0.717) is 32.1 Å². The fourth-order valence-corrected chi connectivity index (χ4v) is 4.44. The summed E-state index contributed by atoms with van der Waals surface area (Å²) < 4.78 is 32.3. The monoisotopic (exact) mass is 597 g/mol. The summed E-state index contributed by atoms with van der Waals surface area (Å²) in [6.45, 7) is 3.87. The molecule has 0 bridgehead atoms. The Hall–Kier alpha value is -5.78. The Morgan fingerprint density at radius 2 is 1.64 bits per heavy atom. The van der Waals surface area contributed by atoms with Crippen molar-refractivity contribution >= 4 is 17.7 Å². The first-order valence-electron chi connectivity index (χ1n) is 13.6. The van der Waals surface area contributed by atoms with Crippen molar-refractivity contribution in [2.45, 2.75) is 20.5 Å². The summed E-state index contributed by atoms with van der Waals surface area (Å²) in [7, 11) is 1.32. The first-order chi connectivity index (χ1) is 21.3. The summed E-state index contributed by atoms with van der Waals surface area (Å²) in [4.78, 5) is 40.4. The van der Waals surface area contributed by atoms with Crippen LogP contribution in [0.2, 0.25) is 0 Å². The van der Waals surface area contributed by atoms with Gasteiger partial charge in [-0.1, -0.05) is 42.5 Å². The Morgan fingerprint density at radius 1 is 0.909 bits per heavy atom. The van der Waals surface area contributed by atoms with Crippen LogP contribution in [0.3, 0.4) is 0 Å². The normalized spacial score (nSPS) is 10.7. The van der Waals surface area contributed by atoms with E-state index in [1.54, 1.807) is 56.3 Å². The number of ether oxygens (including phenoxy) is 3. The molecule has 44 heavy (non-hydrogen) atoms. The predicted molar refractivity (Wildman–Crippen MR) is 159 cm³/mol. The van der Waals surface area contributed by atoms with E-state index in [1.165, 1.54) is 24.1 Å². The number of rotatable bonds is 9. The summed E-state index contributed by atoms with van der Waals surface area (Å²) in [6, 6.07) is 24.2. The summed E-state index contributed by atoms with van der Waals surface area (Å²) in [5.74, 6) is -0.321. The molecule has 0 saturated carbocycles. The average Bonchev–Trinajstić information content (AvgIpc) is 3.42. The van der Waals surface area contributed by atoms with Crippen molar-refractivity contribution < 1.29 is 28.2 Å². The SMILES string of the molecule is CCN(C(=O)n1nnn(-c2c(F)cccc2OC)c1=O)c1cc(Oc2ccc(C(=O)OCc3ccccc3)cc2)ccc1C. The molecule has 1 aromatic heterocycles. The van der Waals surface area contributed by atoms with Crippen LogP contribution < -0.4 is 20.1 Å². The fraction of sp³-hybridized carbons (Fsp3) is 0.156. The minimum Gasteiger partial charge on any atom is -0.494 e. The molecule has 11 nitrogen and oxygen atoms in total. The number of aryl methyl sites for hydroxylation is 1. The highest BCUT2D eigenvalue weighted by Crippen LogP contribution is 2.30. The Morgan fingerprint density at radius 3 is 2.34 bits per heavy atom. The zero-order chi connectivity index (χ0) is 31.2. The van der Waals surface area contributed by atoms with E-state index >= 15 is 0 Å². The molecule has 5 rings (SSSR count). The summed E-state index contributed by atoms with van der Waals surface area (Å²) in [6.07, 6.45) is 0. The topological polar surface area (TPSA) is 118 Å². The maximum absolute atomic E-state index is 14.6. The van der Waals surface area contributed by atoms with E-state index in [4.69, 9.17) is 14.2 Å². The maximum atomic E-state index is 14.6. The van der Waals surface area contributed by atoms with Crippen molar-refractivity contribution in [1.82, 2.24) is 19.8 Å². The lowest BCUT2D eigenvalue weighted by atomic mass is 10.1. The highest BCUT2D eigenvalue weighted by atomic mass is 19.1. The van der Waals surface area contributed by atoms with Gasteiger partial charge in [0.2, 0.25) is 0 Å². The van der Waals surface area contributed by atoms with Gasteiger partial charge in [0.25, 0.3) is 0 Å². The standard InChI is InChI=1S/C32H28FN5O6/c1-4-36(31(40)38-32(41)37(34-35-38)29-26(33)11-8-12-28(29)42-3)27-19-25(16-13-21(27)2)44-24-17-14-23(15-18-24)30(39)43-20-22-9-6-5-7-10-22/h5-19H,4,20H2,1-3H3. The van der Waals surface area contributed by atoms with Crippen LogP contribution in [-0.2, 0) is 11.3 Å². The average molecular weight is 598 g/mol. The van der Waals surface area contributed by atoms with Gasteiger partial charge in [-0.15, -0.1) is 4.68 Å². The molecule has 0 aliphatic heterocycles. The minimum atomic E-state index is -0.968.